The molecule has 3 aromatic rings. The molecular formula is C24H31N5O7. The first-order chi connectivity index (χ1) is 17.3. The normalized spacial score (nSPS) is 25.6. The van der Waals surface area contributed by atoms with Gasteiger partial charge in [0.1, 0.15) is 30.2 Å². The van der Waals surface area contributed by atoms with Crippen molar-refractivity contribution in [2.75, 3.05) is 33.7 Å². The second kappa shape index (κ2) is 9.36. The number of imidazole rings is 1. The molecule has 4 heterocycles. The largest absolute Gasteiger partial charge is 0.493 e. The number of methoxy groups -OCH3 is 3. The molecule has 0 spiro atoms. The van der Waals surface area contributed by atoms with E-state index in [4.69, 9.17) is 38.9 Å². The zero-order valence-corrected chi connectivity index (χ0v) is 21.1. The van der Waals surface area contributed by atoms with Crippen molar-refractivity contribution in [3.63, 3.8) is 0 Å². The van der Waals surface area contributed by atoms with E-state index in [2.05, 4.69) is 15.0 Å². The van der Waals surface area contributed by atoms with E-state index >= 15 is 0 Å². The maximum atomic E-state index is 6.40. The molecule has 36 heavy (non-hydrogen) atoms. The SMILES string of the molecule is COc1cc(C(C)OC[C@H]2O[C@@H](n3cnc4c(N)ncnc43)[C@@H]3OC(C)(C)O[C@@H]32)cc(OC)c1OC. The lowest BCUT2D eigenvalue weighted by Crippen LogP contribution is -2.33. The summed E-state index contributed by atoms with van der Waals surface area (Å²) in [5.74, 6) is 1.17. The fraction of sp³-hybridized carbons (Fsp3) is 0.542. The van der Waals surface area contributed by atoms with E-state index in [-0.39, 0.29) is 18.8 Å². The van der Waals surface area contributed by atoms with Crippen molar-refractivity contribution in [1.29, 1.82) is 0 Å². The van der Waals surface area contributed by atoms with E-state index in [1.807, 2.05) is 32.9 Å². The van der Waals surface area contributed by atoms with Crippen LogP contribution in [0.4, 0.5) is 5.82 Å². The summed E-state index contributed by atoms with van der Waals surface area (Å²) in [6, 6.07) is 3.74. The Labute approximate surface area is 208 Å². The van der Waals surface area contributed by atoms with Gasteiger partial charge in [0.25, 0.3) is 0 Å². The smallest absolute Gasteiger partial charge is 0.203 e. The molecule has 1 aromatic carbocycles. The number of rotatable bonds is 8. The summed E-state index contributed by atoms with van der Waals surface area (Å²) in [6.07, 6.45) is 1.07. The predicted molar refractivity (Wildman–Crippen MR) is 128 cm³/mol. The van der Waals surface area contributed by atoms with Crippen molar-refractivity contribution in [1.82, 2.24) is 19.5 Å². The second-order valence-electron chi connectivity index (χ2n) is 9.15. The van der Waals surface area contributed by atoms with Crippen molar-refractivity contribution < 1.29 is 33.2 Å². The van der Waals surface area contributed by atoms with Crippen molar-refractivity contribution in [2.45, 2.75) is 57.2 Å². The molecular weight excluding hydrogens is 470 g/mol. The molecule has 2 saturated heterocycles. The van der Waals surface area contributed by atoms with Gasteiger partial charge in [0.2, 0.25) is 5.75 Å². The zero-order chi connectivity index (χ0) is 25.6. The van der Waals surface area contributed by atoms with Gasteiger partial charge in [0.05, 0.1) is 40.4 Å². The number of nitrogens with two attached hydrogens (primary N) is 1. The number of ether oxygens (including phenoxy) is 7. The quantitative estimate of drug-likeness (QED) is 0.488. The average molecular weight is 502 g/mol. The molecule has 194 valence electrons. The van der Waals surface area contributed by atoms with Crippen LogP contribution >= 0.6 is 0 Å². The summed E-state index contributed by atoms with van der Waals surface area (Å²) in [5.41, 5.74) is 7.91. The van der Waals surface area contributed by atoms with Gasteiger partial charge in [-0.3, -0.25) is 4.57 Å². The number of anilines is 1. The fourth-order valence-electron chi connectivity index (χ4n) is 4.74. The van der Waals surface area contributed by atoms with Crippen LogP contribution in [-0.4, -0.2) is 71.6 Å². The topological polar surface area (TPSA) is 134 Å². The van der Waals surface area contributed by atoms with Crippen LogP contribution < -0.4 is 19.9 Å². The van der Waals surface area contributed by atoms with Crippen LogP contribution in [-0.2, 0) is 18.9 Å². The maximum absolute atomic E-state index is 6.40. The van der Waals surface area contributed by atoms with E-state index in [9.17, 15) is 0 Å². The molecule has 0 bridgehead atoms. The van der Waals surface area contributed by atoms with Gasteiger partial charge < -0.3 is 38.9 Å². The Bertz CT molecular complexity index is 1220. The summed E-state index contributed by atoms with van der Waals surface area (Å²) in [4.78, 5) is 12.7. The van der Waals surface area contributed by atoms with Crippen LogP contribution in [0.3, 0.4) is 0 Å². The summed E-state index contributed by atoms with van der Waals surface area (Å²) in [7, 11) is 4.73. The highest BCUT2D eigenvalue weighted by Crippen LogP contribution is 2.45. The Morgan fingerprint density at radius 1 is 1.03 bits per heavy atom. The first kappa shape index (κ1) is 24.5. The number of aromatic nitrogens is 4. The average Bonchev–Trinajstić information content (AvgIpc) is 3.52. The van der Waals surface area contributed by atoms with Gasteiger partial charge in [0, 0.05) is 0 Å². The van der Waals surface area contributed by atoms with E-state index in [1.165, 1.54) is 6.33 Å². The number of fused-ring (bicyclic) bond motifs is 2. The minimum Gasteiger partial charge on any atom is -0.493 e. The molecule has 5 atom stereocenters. The van der Waals surface area contributed by atoms with Crippen molar-refractivity contribution in [2.24, 2.45) is 0 Å². The van der Waals surface area contributed by atoms with Gasteiger partial charge in [-0.25, -0.2) is 15.0 Å². The Morgan fingerprint density at radius 2 is 1.72 bits per heavy atom. The number of nitrogen functional groups attached to an aromatic ring is 1. The van der Waals surface area contributed by atoms with E-state index in [0.717, 1.165) is 5.56 Å². The lowest BCUT2D eigenvalue weighted by molar-refractivity contribution is -0.203. The van der Waals surface area contributed by atoms with Gasteiger partial charge in [-0.15, -0.1) is 0 Å². The second-order valence-corrected chi connectivity index (χ2v) is 9.15. The van der Waals surface area contributed by atoms with Crippen LogP contribution in [0.2, 0.25) is 0 Å². The lowest BCUT2D eigenvalue weighted by atomic mass is 10.1. The van der Waals surface area contributed by atoms with Gasteiger partial charge in [0.15, 0.2) is 35.0 Å². The lowest BCUT2D eigenvalue weighted by Gasteiger charge is -2.25. The molecule has 12 heteroatoms. The third kappa shape index (κ3) is 4.19. The molecule has 2 aliphatic rings. The van der Waals surface area contributed by atoms with Crippen LogP contribution in [0, 0.1) is 0 Å². The van der Waals surface area contributed by atoms with Crippen LogP contribution in [0.5, 0.6) is 17.2 Å². The number of hydrogen-bond acceptors (Lipinski definition) is 11. The number of hydrogen-bond donors (Lipinski definition) is 1. The van der Waals surface area contributed by atoms with Crippen LogP contribution in [0.1, 0.15) is 38.7 Å². The summed E-state index contributed by atoms with van der Waals surface area (Å²) < 4.78 is 43.3. The monoisotopic (exact) mass is 501 g/mol. The Balaban J connectivity index is 1.37. The van der Waals surface area contributed by atoms with Gasteiger partial charge in [-0.2, -0.15) is 0 Å². The van der Waals surface area contributed by atoms with Crippen LogP contribution in [0.15, 0.2) is 24.8 Å². The summed E-state index contributed by atoms with van der Waals surface area (Å²) in [5, 5.41) is 0. The first-order valence-corrected chi connectivity index (χ1v) is 11.6. The minimum absolute atomic E-state index is 0.263. The number of nitrogens with zero attached hydrogens (tertiary/aromatic N) is 4. The summed E-state index contributed by atoms with van der Waals surface area (Å²) in [6.45, 7) is 5.97. The predicted octanol–water partition coefficient (Wildman–Crippen LogP) is 2.63. The van der Waals surface area contributed by atoms with Crippen molar-refractivity contribution in [3.8, 4) is 17.2 Å². The maximum Gasteiger partial charge on any atom is 0.203 e. The van der Waals surface area contributed by atoms with Crippen molar-refractivity contribution in [3.05, 3.63) is 30.4 Å². The van der Waals surface area contributed by atoms with E-state index in [0.29, 0.717) is 34.2 Å². The molecule has 2 fully saturated rings. The highest BCUT2D eigenvalue weighted by Gasteiger charge is 2.56. The molecule has 0 amide bonds. The molecule has 1 unspecified atom stereocenters. The molecule has 0 aliphatic carbocycles. The molecule has 2 N–H and O–H groups in total. The molecule has 5 rings (SSSR count). The Kier molecular flexibility index (Phi) is 6.37. The molecule has 0 radical (unpaired) electrons. The highest BCUT2D eigenvalue weighted by atomic mass is 16.8. The Hall–Kier alpha value is -3.19. The van der Waals surface area contributed by atoms with E-state index in [1.54, 1.807) is 32.2 Å². The third-order valence-corrected chi connectivity index (χ3v) is 6.45. The first-order valence-electron chi connectivity index (χ1n) is 11.6. The number of benzene rings is 1. The van der Waals surface area contributed by atoms with Gasteiger partial charge in [-0.05, 0) is 38.5 Å². The molecule has 2 aliphatic heterocycles. The van der Waals surface area contributed by atoms with Crippen LogP contribution in [0.25, 0.3) is 11.2 Å². The van der Waals surface area contributed by atoms with Crippen molar-refractivity contribution >= 4 is 17.0 Å². The molecule has 2 aromatic heterocycles. The molecule has 12 nitrogen and oxygen atoms in total. The standard InChI is InChI=1S/C24H31N5O7/c1-12(13-7-14(30-4)18(32-6)15(8-13)31-5)33-9-16-19-20(36-24(2,3)35-19)23(34-16)29-11-28-17-21(25)26-10-27-22(17)29/h7-8,10-12,16,19-20,23H,9H2,1-6H3,(H2,25,26,27)/t12?,16-,19-,20-,23-/m1/s1. The van der Waals surface area contributed by atoms with Gasteiger partial charge >= 0.3 is 0 Å². The van der Waals surface area contributed by atoms with Gasteiger partial charge in [-0.1, -0.05) is 0 Å². The molecule has 0 saturated carbocycles. The highest BCUT2D eigenvalue weighted by molar-refractivity contribution is 5.81. The fourth-order valence-corrected chi connectivity index (χ4v) is 4.74. The minimum atomic E-state index is -0.775. The van der Waals surface area contributed by atoms with E-state index < -0.39 is 24.2 Å². The Morgan fingerprint density at radius 3 is 2.39 bits per heavy atom. The summed E-state index contributed by atoms with van der Waals surface area (Å²) >= 11 is 0. The zero-order valence-electron chi connectivity index (χ0n) is 21.1. The third-order valence-electron chi connectivity index (χ3n) is 6.45.